The molecule has 1 aliphatic rings. The zero-order chi connectivity index (χ0) is 15.6. The van der Waals surface area contributed by atoms with Crippen LogP contribution in [0.25, 0.3) is 0 Å². The molecule has 0 spiro atoms. The smallest absolute Gasteiger partial charge is 0.272 e. The fourth-order valence-electron chi connectivity index (χ4n) is 2.51. The first kappa shape index (κ1) is 15.5. The fourth-order valence-corrected chi connectivity index (χ4v) is 2.51. The Morgan fingerprint density at radius 3 is 2.76 bits per heavy atom. The van der Waals surface area contributed by atoms with Crippen molar-refractivity contribution in [2.45, 2.75) is 19.4 Å². The summed E-state index contributed by atoms with van der Waals surface area (Å²) in [5.41, 5.74) is 1.41. The molecule has 7 heteroatoms. The molecule has 0 aromatic carbocycles. The molecule has 1 aliphatic heterocycles. The number of rotatable bonds is 3. The first-order chi connectivity index (χ1) is 9.95. The molecule has 2 heterocycles. The molecule has 0 saturated carbocycles. The van der Waals surface area contributed by atoms with Crippen molar-refractivity contribution >= 4 is 11.8 Å². The van der Waals surface area contributed by atoms with Crippen LogP contribution in [0.1, 0.15) is 23.1 Å². The van der Waals surface area contributed by atoms with Crippen LogP contribution in [-0.2, 0) is 18.3 Å². The summed E-state index contributed by atoms with van der Waals surface area (Å²) >= 11 is 0. The third-order valence-electron chi connectivity index (χ3n) is 3.74. The van der Waals surface area contributed by atoms with Gasteiger partial charge in [0.25, 0.3) is 5.91 Å². The Labute approximate surface area is 124 Å². The molecular weight excluding hydrogens is 270 g/mol. The number of hydrogen-bond donors (Lipinski definition) is 1. The molecule has 1 fully saturated rings. The average molecular weight is 293 g/mol. The predicted molar refractivity (Wildman–Crippen MR) is 79.0 cm³/mol. The summed E-state index contributed by atoms with van der Waals surface area (Å²) in [7, 11) is 5.18. The number of piperazine rings is 1. The van der Waals surface area contributed by atoms with Crippen molar-refractivity contribution in [1.29, 1.82) is 0 Å². The van der Waals surface area contributed by atoms with E-state index in [1.807, 2.05) is 13.0 Å². The summed E-state index contributed by atoms with van der Waals surface area (Å²) in [5, 5.41) is 7.48. The molecule has 1 saturated heterocycles. The molecule has 0 aliphatic carbocycles. The zero-order valence-electron chi connectivity index (χ0n) is 13.1. The van der Waals surface area contributed by atoms with Crippen molar-refractivity contribution in [1.82, 2.24) is 24.9 Å². The summed E-state index contributed by atoms with van der Waals surface area (Å²) in [5.74, 6) is -0.195. The molecule has 1 unspecified atom stereocenters. The zero-order valence-corrected chi connectivity index (χ0v) is 13.1. The molecule has 1 aromatic heterocycles. The van der Waals surface area contributed by atoms with Gasteiger partial charge in [-0.1, -0.05) is 6.92 Å². The van der Waals surface area contributed by atoms with Crippen molar-refractivity contribution in [3.63, 3.8) is 0 Å². The lowest BCUT2D eigenvalue weighted by molar-refractivity contribution is -0.134. The van der Waals surface area contributed by atoms with Gasteiger partial charge in [-0.25, -0.2) is 0 Å². The van der Waals surface area contributed by atoms with Crippen molar-refractivity contribution in [2.24, 2.45) is 7.05 Å². The SMILES string of the molecule is CCc1cc(C(=O)N2CCNCC2C(=O)N(C)C)n(C)n1. The van der Waals surface area contributed by atoms with Crippen molar-refractivity contribution < 1.29 is 9.59 Å². The highest BCUT2D eigenvalue weighted by atomic mass is 16.2. The van der Waals surface area contributed by atoms with Crippen molar-refractivity contribution in [3.05, 3.63) is 17.5 Å². The van der Waals surface area contributed by atoms with Crippen LogP contribution in [-0.4, -0.2) is 71.2 Å². The Morgan fingerprint density at radius 2 is 2.19 bits per heavy atom. The summed E-state index contributed by atoms with van der Waals surface area (Å²) in [4.78, 5) is 28.2. The van der Waals surface area contributed by atoms with Gasteiger partial charge < -0.3 is 15.1 Å². The minimum absolute atomic E-state index is 0.0616. The highest BCUT2D eigenvalue weighted by Gasteiger charge is 2.34. The highest BCUT2D eigenvalue weighted by molar-refractivity contribution is 5.96. The third kappa shape index (κ3) is 3.07. The topological polar surface area (TPSA) is 70.5 Å². The minimum Gasteiger partial charge on any atom is -0.347 e. The number of nitrogens with zero attached hydrogens (tertiary/aromatic N) is 4. The van der Waals surface area contributed by atoms with Gasteiger partial charge in [0, 0.05) is 40.8 Å². The van der Waals surface area contributed by atoms with Gasteiger partial charge in [0.15, 0.2) is 0 Å². The Morgan fingerprint density at radius 1 is 1.48 bits per heavy atom. The minimum atomic E-state index is -0.457. The molecule has 2 rings (SSSR count). The van der Waals surface area contributed by atoms with Gasteiger partial charge in [0.2, 0.25) is 5.91 Å². The first-order valence-corrected chi connectivity index (χ1v) is 7.21. The molecule has 0 bridgehead atoms. The Kier molecular flexibility index (Phi) is 4.62. The summed E-state index contributed by atoms with van der Waals surface area (Å²) in [6.07, 6.45) is 0.780. The number of nitrogens with one attached hydrogen (secondary N) is 1. The number of carbonyl (C=O) groups is 2. The summed E-state index contributed by atoms with van der Waals surface area (Å²) in [6.45, 7) is 3.71. The van der Waals surface area contributed by atoms with Crippen LogP contribution in [0.2, 0.25) is 0 Å². The van der Waals surface area contributed by atoms with E-state index in [1.54, 1.807) is 30.7 Å². The van der Waals surface area contributed by atoms with Crippen molar-refractivity contribution in [2.75, 3.05) is 33.7 Å². The van der Waals surface area contributed by atoms with E-state index in [9.17, 15) is 9.59 Å². The van der Waals surface area contributed by atoms with Gasteiger partial charge in [-0.05, 0) is 12.5 Å². The van der Waals surface area contributed by atoms with Crippen LogP contribution in [0.3, 0.4) is 0 Å². The summed E-state index contributed by atoms with van der Waals surface area (Å²) < 4.78 is 1.60. The molecular formula is C14H23N5O2. The number of aryl methyl sites for hydroxylation is 2. The maximum absolute atomic E-state index is 12.8. The molecule has 116 valence electrons. The number of hydrogen-bond acceptors (Lipinski definition) is 4. The maximum atomic E-state index is 12.8. The third-order valence-corrected chi connectivity index (χ3v) is 3.74. The van der Waals surface area contributed by atoms with Gasteiger partial charge in [-0.3, -0.25) is 14.3 Å². The van der Waals surface area contributed by atoms with E-state index in [-0.39, 0.29) is 11.8 Å². The lowest BCUT2D eigenvalue weighted by Gasteiger charge is -2.36. The first-order valence-electron chi connectivity index (χ1n) is 7.21. The number of aromatic nitrogens is 2. The van der Waals surface area contributed by atoms with Gasteiger partial charge >= 0.3 is 0 Å². The standard InChI is InChI=1S/C14H23N5O2/c1-5-10-8-11(18(4)16-10)14(21)19-7-6-15-9-12(19)13(20)17(2)3/h8,12,15H,5-7,9H2,1-4H3. The lowest BCUT2D eigenvalue weighted by atomic mass is 10.1. The van der Waals surface area contributed by atoms with Crippen LogP contribution in [0, 0.1) is 0 Å². The second kappa shape index (κ2) is 6.26. The van der Waals surface area contributed by atoms with E-state index in [0.717, 1.165) is 12.1 Å². The highest BCUT2D eigenvalue weighted by Crippen LogP contribution is 2.13. The molecule has 1 aromatic rings. The normalized spacial score (nSPS) is 18.7. The quantitative estimate of drug-likeness (QED) is 0.814. The van der Waals surface area contributed by atoms with Crippen LogP contribution in [0.15, 0.2) is 6.07 Å². The number of carbonyl (C=O) groups excluding carboxylic acids is 2. The maximum Gasteiger partial charge on any atom is 0.272 e. The molecule has 0 radical (unpaired) electrons. The van der Waals surface area contributed by atoms with E-state index in [1.165, 1.54) is 4.90 Å². The Hall–Kier alpha value is -1.89. The lowest BCUT2D eigenvalue weighted by Crippen LogP contribution is -2.59. The van der Waals surface area contributed by atoms with E-state index in [0.29, 0.717) is 25.3 Å². The second-order valence-corrected chi connectivity index (χ2v) is 5.45. The monoisotopic (exact) mass is 293 g/mol. The second-order valence-electron chi connectivity index (χ2n) is 5.45. The van der Waals surface area contributed by atoms with Gasteiger partial charge in [-0.2, -0.15) is 5.10 Å². The molecule has 2 amide bonds. The van der Waals surface area contributed by atoms with E-state index < -0.39 is 6.04 Å². The van der Waals surface area contributed by atoms with Crippen LogP contribution >= 0.6 is 0 Å². The van der Waals surface area contributed by atoms with Gasteiger partial charge in [0.1, 0.15) is 11.7 Å². The average Bonchev–Trinajstić information content (AvgIpc) is 2.86. The summed E-state index contributed by atoms with van der Waals surface area (Å²) in [6, 6.07) is 1.35. The molecule has 7 nitrogen and oxygen atoms in total. The number of likely N-dealkylation sites (N-methyl/N-ethyl adjacent to an activating group) is 1. The molecule has 1 atom stereocenters. The fraction of sp³-hybridized carbons (Fsp3) is 0.643. The largest absolute Gasteiger partial charge is 0.347 e. The van der Waals surface area contributed by atoms with Crippen LogP contribution < -0.4 is 5.32 Å². The van der Waals surface area contributed by atoms with E-state index in [4.69, 9.17) is 0 Å². The van der Waals surface area contributed by atoms with Crippen LogP contribution in [0.5, 0.6) is 0 Å². The van der Waals surface area contributed by atoms with E-state index >= 15 is 0 Å². The van der Waals surface area contributed by atoms with Crippen molar-refractivity contribution in [3.8, 4) is 0 Å². The number of amides is 2. The van der Waals surface area contributed by atoms with Crippen LogP contribution in [0.4, 0.5) is 0 Å². The van der Waals surface area contributed by atoms with Gasteiger partial charge in [-0.15, -0.1) is 0 Å². The predicted octanol–water partition coefficient (Wildman–Crippen LogP) is -0.515. The van der Waals surface area contributed by atoms with E-state index in [2.05, 4.69) is 10.4 Å². The van der Waals surface area contributed by atoms with Gasteiger partial charge in [0.05, 0.1) is 5.69 Å². The molecule has 1 N–H and O–H groups in total. The Balaban J connectivity index is 2.26. The molecule has 21 heavy (non-hydrogen) atoms. The Bertz CT molecular complexity index is 537.